The lowest BCUT2D eigenvalue weighted by Crippen LogP contribution is -2.32. The number of Topliss-reactive ketones (excluding diaryl/α,β-unsaturated/α-hetero) is 1. The minimum Gasteiger partial charge on any atom is -0.481 e. The van der Waals surface area contributed by atoms with Gasteiger partial charge in [0.2, 0.25) is 5.91 Å². The Hall–Kier alpha value is -3.35. The Morgan fingerprint density at radius 3 is 2.29 bits per heavy atom. The van der Waals surface area contributed by atoms with E-state index in [-0.39, 0.29) is 11.3 Å². The van der Waals surface area contributed by atoms with E-state index in [1.807, 2.05) is 31.2 Å². The molecule has 0 aromatic heterocycles. The predicted octanol–water partition coefficient (Wildman–Crippen LogP) is 7.69. The summed E-state index contributed by atoms with van der Waals surface area (Å²) in [4.78, 5) is 38.1. The van der Waals surface area contributed by atoms with Crippen molar-refractivity contribution in [2.45, 2.75) is 58.5 Å². The van der Waals surface area contributed by atoms with Gasteiger partial charge in [0, 0.05) is 16.3 Å². The van der Waals surface area contributed by atoms with Crippen molar-refractivity contribution in [2.75, 3.05) is 10.6 Å². The van der Waals surface area contributed by atoms with Gasteiger partial charge in [-0.25, -0.2) is 0 Å². The highest BCUT2D eigenvalue weighted by molar-refractivity contribution is 6.35. The van der Waals surface area contributed by atoms with Crippen molar-refractivity contribution in [2.24, 2.45) is 0 Å². The number of carbonyl (C=O) groups excluding carboxylic acids is 3. The van der Waals surface area contributed by atoms with Crippen molar-refractivity contribution >= 4 is 52.2 Å². The number of nitrogens with one attached hydrogen (secondary N) is 2. The first-order valence-electron chi connectivity index (χ1n) is 12.5. The van der Waals surface area contributed by atoms with E-state index in [4.69, 9.17) is 27.9 Å². The van der Waals surface area contributed by atoms with E-state index in [9.17, 15) is 14.4 Å². The van der Waals surface area contributed by atoms with E-state index in [0.29, 0.717) is 39.2 Å². The van der Waals surface area contributed by atoms with E-state index in [2.05, 4.69) is 31.4 Å². The van der Waals surface area contributed by atoms with Crippen LogP contribution < -0.4 is 15.4 Å². The maximum absolute atomic E-state index is 12.9. The molecule has 200 valence electrons. The van der Waals surface area contributed by atoms with Crippen LogP contribution in [-0.4, -0.2) is 23.7 Å². The number of carbonyl (C=O) groups is 3. The normalized spacial score (nSPS) is 11.9. The predicted molar refractivity (Wildman–Crippen MR) is 154 cm³/mol. The van der Waals surface area contributed by atoms with Crippen LogP contribution in [0.25, 0.3) is 0 Å². The number of hydrogen-bond acceptors (Lipinski definition) is 4. The van der Waals surface area contributed by atoms with Crippen LogP contribution in [0.3, 0.4) is 0 Å². The van der Waals surface area contributed by atoms with Crippen molar-refractivity contribution in [1.29, 1.82) is 0 Å². The lowest BCUT2D eigenvalue weighted by Gasteiger charge is -2.24. The molecule has 3 aromatic rings. The molecule has 0 heterocycles. The summed E-state index contributed by atoms with van der Waals surface area (Å²) in [5.41, 5.74) is 2.31. The van der Waals surface area contributed by atoms with E-state index in [0.717, 1.165) is 6.42 Å². The number of amides is 2. The average molecular weight is 556 g/mol. The fourth-order valence-corrected chi connectivity index (χ4v) is 4.04. The SMILES string of the molecule is CC[C@H](Oc1ccc(C(C)(C)CC)cc1)C(=O)Nc1cccc(C(=O)CC(=O)Nc2cc(Cl)ccc2Cl)c1. The zero-order chi connectivity index (χ0) is 27.9. The van der Waals surface area contributed by atoms with Crippen LogP contribution in [-0.2, 0) is 15.0 Å². The van der Waals surface area contributed by atoms with Crippen LogP contribution in [0.5, 0.6) is 5.75 Å². The van der Waals surface area contributed by atoms with Gasteiger partial charge in [0.1, 0.15) is 5.75 Å². The van der Waals surface area contributed by atoms with Gasteiger partial charge in [-0.3, -0.25) is 14.4 Å². The smallest absolute Gasteiger partial charge is 0.265 e. The minimum absolute atomic E-state index is 0.0610. The highest BCUT2D eigenvalue weighted by Gasteiger charge is 2.21. The van der Waals surface area contributed by atoms with Gasteiger partial charge in [0.15, 0.2) is 11.9 Å². The largest absolute Gasteiger partial charge is 0.481 e. The highest BCUT2D eigenvalue weighted by atomic mass is 35.5. The molecule has 2 N–H and O–H groups in total. The number of ketones is 1. The second-order valence-corrected chi connectivity index (χ2v) is 10.5. The summed E-state index contributed by atoms with van der Waals surface area (Å²) in [6.07, 6.45) is 0.355. The van der Waals surface area contributed by atoms with Crippen LogP contribution in [0.1, 0.15) is 62.9 Å². The van der Waals surface area contributed by atoms with E-state index in [1.54, 1.807) is 30.3 Å². The maximum Gasteiger partial charge on any atom is 0.265 e. The van der Waals surface area contributed by atoms with Crippen molar-refractivity contribution in [3.63, 3.8) is 0 Å². The molecular formula is C30H32Cl2N2O4. The first-order chi connectivity index (χ1) is 18.0. The lowest BCUT2D eigenvalue weighted by molar-refractivity contribution is -0.122. The number of hydrogen-bond donors (Lipinski definition) is 2. The molecule has 0 spiro atoms. The Balaban J connectivity index is 1.61. The molecule has 0 aliphatic heterocycles. The molecule has 0 aliphatic rings. The maximum atomic E-state index is 12.9. The topological polar surface area (TPSA) is 84.5 Å². The Morgan fingerprint density at radius 2 is 1.63 bits per heavy atom. The molecule has 0 aliphatic carbocycles. The molecule has 3 rings (SSSR count). The Labute approximate surface area is 233 Å². The van der Waals surface area contributed by atoms with Crippen molar-refractivity contribution in [3.05, 3.63) is 87.9 Å². The van der Waals surface area contributed by atoms with Gasteiger partial charge >= 0.3 is 0 Å². The molecule has 1 atom stereocenters. The minimum atomic E-state index is -0.715. The van der Waals surface area contributed by atoms with E-state index < -0.39 is 24.2 Å². The monoisotopic (exact) mass is 554 g/mol. The standard InChI is InChI=1S/C30H32Cl2N2O4/c1-5-27(38-23-13-10-20(11-14-23)30(3,4)6-2)29(37)33-22-9-7-8-19(16-22)26(35)18-28(36)34-25-17-21(31)12-15-24(25)32/h7-17,27H,5-6,18H2,1-4H3,(H,33,37)(H,34,36)/t27-/m0/s1. The summed E-state index contributed by atoms with van der Waals surface area (Å²) in [6, 6.07) is 18.9. The third-order valence-electron chi connectivity index (χ3n) is 6.44. The Kier molecular flexibility index (Phi) is 9.95. The molecule has 0 saturated carbocycles. The molecule has 3 aromatic carbocycles. The number of rotatable bonds is 11. The van der Waals surface area contributed by atoms with Crippen LogP contribution in [0.15, 0.2) is 66.7 Å². The van der Waals surface area contributed by atoms with Crippen LogP contribution in [0.4, 0.5) is 11.4 Å². The molecule has 0 saturated heterocycles. The summed E-state index contributed by atoms with van der Waals surface area (Å²) >= 11 is 12.0. The first kappa shape index (κ1) is 29.2. The summed E-state index contributed by atoms with van der Waals surface area (Å²) in [5, 5.41) is 6.13. The third kappa shape index (κ3) is 7.83. The molecule has 0 unspecified atom stereocenters. The van der Waals surface area contributed by atoms with Gasteiger partial charge in [-0.2, -0.15) is 0 Å². The fraction of sp³-hybridized carbons (Fsp3) is 0.300. The fourth-order valence-electron chi connectivity index (χ4n) is 3.70. The summed E-state index contributed by atoms with van der Waals surface area (Å²) in [6.45, 7) is 8.39. The highest BCUT2D eigenvalue weighted by Crippen LogP contribution is 2.29. The number of anilines is 2. The van der Waals surface area contributed by atoms with Gasteiger partial charge < -0.3 is 15.4 Å². The number of benzene rings is 3. The lowest BCUT2D eigenvalue weighted by atomic mass is 9.82. The van der Waals surface area contributed by atoms with Crippen molar-refractivity contribution in [1.82, 2.24) is 0 Å². The second-order valence-electron chi connectivity index (χ2n) is 9.62. The molecule has 38 heavy (non-hydrogen) atoms. The summed E-state index contributed by atoms with van der Waals surface area (Å²) < 4.78 is 5.95. The molecule has 0 bridgehead atoms. The Bertz CT molecular complexity index is 1310. The van der Waals surface area contributed by atoms with Crippen LogP contribution in [0, 0.1) is 0 Å². The molecule has 8 heteroatoms. The first-order valence-corrected chi connectivity index (χ1v) is 13.2. The molecule has 0 fully saturated rings. The van der Waals surface area contributed by atoms with Crippen molar-refractivity contribution in [3.8, 4) is 5.75 Å². The quantitative estimate of drug-likeness (QED) is 0.188. The third-order valence-corrected chi connectivity index (χ3v) is 7.00. The van der Waals surface area contributed by atoms with Gasteiger partial charge in [0.25, 0.3) is 5.91 Å². The van der Waals surface area contributed by atoms with Crippen LogP contribution >= 0.6 is 23.2 Å². The Morgan fingerprint density at radius 1 is 0.921 bits per heavy atom. The average Bonchev–Trinajstić information content (AvgIpc) is 2.89. The van der Waals surface area contributed by atoms with Gasteiger partial charge in [-0.15, -0.1) is 0 Å². The zero-order valence-electron chi connectivity index (χ0n) is 21.9. The van der Waals surface area contributed by atoms with Gasteiger partial charge in [-0.1, -0.05) is 75.2 Å². The number of ether oxygens (including phenoxy) is 1. The van der Waals surface area contributed by atoms with E-state index in [1.165, 1.54) is 17.7 Å². The summed E-state index contributed by atoms with van der Waals surface area (Å²) in [7, 11) is 0. The molecule has 6 nitrogen and oxygen atoms in total. The molecular weight excluding hydrogens is 523 g/mol. The summed E-state index contributed by atoms with van der Waals surface area (Å²) in [5.74, 6) is -0.655. The van der Waals surface area contributed by atoms with Gasteiger partial charge in [-0.05, 0) is 66.3 Å². The number of halogens is 2. The zero-order valence-corrected chi connectivity index (χ0v) is 23.5. The molecule has 0 radical (unpaired) electrons. The van der Waals surface area contributed by atoms with Gasteiger partial charge in [0.05, 0.1) is 17.1 Å². The van der Waals surface area contributed by atoms with E-state index >= 15 is 0 Å². The molecule has 2 amide bonds. The van der Waals surface area contributed by atoms with Crippen molar-refractivity contribution < 1.29 is 19.1 Å². The second kappa shape index (κ2) is 12.9. The van der Waals surface area contributed by atoms with Crippen LogP contribution in [0.2, 0.25) is 10.0 Å².